The first-order valence-corrected chi connectivity index (χ1v) is 10.3. The summed E-state index contributed by atoms with van der Waals surface area (Å²) in [5, 5.41) is 15.6. The van der Waals surface area contributed by atoms with Gasteiger partial charge < -0.3 is 15.5 Å². The third kappa shape index (κ3) is 5.66. The van der Waals surface area contributed by atoms with Crippen LogP contribution in [0.2, 0.25) is 0 Å². The number of amides is 1. The van der Waals surface area contributed by atoms with E-state index in [0.717, 1.165) is 37.9 Å². The average molecular weight is 446 g/mol. The summed E-state index contributed by atoms with van der Waals surface area (Å²) in [5.74, 6) is 0.487. The molecule has 2 N–H and O–H groups in total. The number of rotatable bonds is 6. The Balaban J connectivity index is 1.67. The SMILES string of the molecule is CN(C)C(=O)C1CCC(Nc2cc(NCc3cnccc3C(F)(F)F)ncc2C#N)CC1. The van der Waals surface area contributed by atoms with Crippen LogP contribution in [-0.4, -0.2) is 40.9 Å². The number of pyridine rings is 2. The molecule has 1 aliphatic rings. The summed E-state index contributed by atoms with van der Waals surface area (Å²) >= 11 is 0. The van der Waals surface area contributed by atoms with Gasteiger partial charge in [-0.15, -0.1) is 0 Å². The van der Waals surface area contributed by atoms with Gasteiger partial charge in [-0.05, 0) is 31.7 Å². The van der Waals surface area contributed by atoms with Crippen LogP contribution in [0.25, 0.3) is 0 Å². The van der Waals surface area contributed by atoms with Crippen LogP contribution >= 0.6 is 0 Å². The van der Waals surface area contributed by atoms with Gasteiger partial charge in [-0.1, -0.05) is 0 Å². The van der Waals surface area contributed by atoms with Crippen LogP contribution < -0.4 is 10.6 Å². The number of hydrogen-bond acceptors (Lipinski definition) is 6. The predicted molar refractivity (Wildman–Crippen MR) is 114 cm³/mol. The van der Waals surface area contributed by atoms with Gasteiger partial charge in [-0.3, -0.25) is 9.78 Å². The van der Waals surface area contributed by atoms with E-state index in [0.29, 0.717) is 17.1 Å². The molecule has 0 radical (unpaired) electrons. The number of carbonyl (C=O) groups is 1. The molecule has 2 aromatic heterocycles. The van der Waals surface area contributed by atoms with Gasteiger partial charge in [0.1, 0.15) is 11.9 Å². The van der Waals surface area contributed by atoms with E-state index in [-0.39, 0.29) is 30.0 Å². The molecule has 2 heterocycles. The van der Waals surface area contributed by atoms with Crippen molar-refractivity contribution in [3.8, 4) is 6.07 Å². The van der Waals surface area contributed by atoms with Crippen LogP contribution in [0.4, 0.5) is 24.7 Å². The van der Waals surface area contributed by atoms with Crippen molar-refractivity contribution in [2.75, 3.05) is 24.7 Å². The summed E-state index contributed by atoms with van der Waals surface area (Å²) in [6.45, 7) is -0.112. The maximum absolute atomic E-state index is 13.2. The lowest BCUT2D eigenvalue weighted by atomic mass is 9.85. The van der Waals surface area contributed by atoms with E-state index in [2.05, 4.69) is 26.7 Å². The molecule has 0 aromatic carbocycles. The minimum absolute atomic E-state index is 0.00421. The molecule has 170 valence electrons. The Morgan fingerprint density at radius 2 is 1.97 bits per heavy atom. The molecule has 7 nitrogen and oxygen atoms in total. The predicted octanol–water partition coefficient (Wildman–Crippen LogP) is 4.04. The highest BCUT2D eigenvalue weighted by Gasteiger charge is 2.33. The van der Waals surface area contributed by atoms with Gasteiger partial charge in [0.05, 0.1) is 16.8 Å². The van der Waals surface area contributed by atoms with Crippen molar-refractivity contribution in [2.45, 2.75) is 44.4 Å². The van der Waals surface area contributed by atoms with Gasteiger partial charge in [0.25, 0.3) is 0 Å². The molecule has 32 heavy (non-hydrogen) atoms. The van der Waals surface area contributed by atoms with Gasteiger partial charge in [0, 0.05) is 62.8 Å². The fraction of sp³-hybridized carbons (Fsp3) is 0.455. The highest BCUT2D eigenvalue weighted by molar-refractivity contribution is 5.78. The number of aromatic nitrogens is 2. The highest BCUT2D eigenvalue weighted by atomic mass is 19.4. The van der Waals surface area contributed by atoms with Crippen LogP contribution in [0.5, 0.6) is 0 Å². The first-order valence-electron chi connectivity index (χ1n) is 10.3. The van der Waals surface area contributed by atoms with Gasteiger partial charge >= 0.3 is 6.18 Å². The number of carbonyl (C=O) groups excluding carboxylic acids is 1. The second-order valence-corrected chi connectivity index (χ2v) is 8.04. The molecule has 0 bridgehead atoms. The largest absolute Gasteiger partial charge is 0.416 e. The summed E-state index contributed by atoms with van der Waals surface area (Å²) in [5.41, 5.74) is 0.162. The van der Waals surface area contributed by atoms with Crippen LogP contribution in [0.1, 0.15) is 42.4 Å². The Labute approximate surface area is 184 Å². The quantitative estimate of drug-likeness (QED) is 0.696. The molecule has 1 amide bonds. The molecule has 0 saturated heterocycles. The normalized spacial score (nSPS) is 18.5. The molecule has 10 heteroatoms. The molecule has 3 rings (SSSR count). The maximum atomic E-state index is 13.2. The topological polar surface area (TPSA) is 93.9 Å². The second kappa shape index (κ2) is 9.85. The van der Waals surface area contributed by atoms with E-state index in [1.165, 1.54) is 12.4 Å². The van der Waals surface area contributed by atoms with Gasteiger partial charge in [0.15, 0.2) is 0 Å². The fourth-order valence-electron chi connectivity index (χ4n) is 3.86. The number of halogens is 3. The van der Waals surface area contributed by atoms with E-state index in [4.69, 9.17) is 0 Å². The molecule has 1 fully saturated rings. The number of nitrogens with one attached hydrogen (secondary N) is 2. The number of hydrogen-bond donors (Lipinski definition) is 2. The minimum Gasteiger partial charge on any atom is -0.381 e. The van der Waals surface area contributed by atoms with Gasteiger partial charge in [-0.25, -0.2) is 4.98 Å². The van der Waals surface area contributed by atoms with E-state index in [9.17, 15) is 23.2 Å². The van der Waals surface area contributed by atoms with Crippen molar-refractivity contribution in [3.05, 3.63) is 47.4 Å². The lowest BCUT2D eigenvalue weighted by molar-refractivity contribution is -0.138. The minimum atomic E-state index is -4.47. The standard InChI is InChI=1S/C22H25F3N6O/c1-31(2)21(32)14-3-5-17(6-4-14)30-19-9-20(28-12-15(19)10-26)29-13-16-11-27-8-7-18(16)22(23,24)25/h7-9,11-12,14,17H,3-6,13H2,1-2H3,(H2,28,29,30). The van der Waals surface area contributed by atoms with Crippen molar-refractivity contribution < 1.29 is 18.0 Å². The third-order valence-electron chi connectivity index (χ3n) is 5.57. The van der Waals surface area contributed by atoms with Crippen LogP contribution in [0.15, 0.2) is 30.7 Å². The first kappa shape index (κ1) is 23.3. The molecule has 2 aromatic rings. The smallest absolute Gasteiger partial charge is 0.381 e. The summed E-state index contributed by atoms with van der Waals surface area (Å²) in [6, 6.07) is 4.74. The van der Waals surface area contributed by atoms with Crippen molar-refractivity contribution >= 4 is 17.4 Å². The van der Waals surface area contributed by atoms with Crippen molar-refractivity contribution in [2.24, 2.45) is 5.92 Å². The molecular weight excluding hydrogens is 421 g/mol. The maximum Gasteiger partial charge on any atom is 0.416 e. The van der Waals surface area contributed by atoms with Crippen LogP contribution in [0, 0.1) is 17.2 Å². The Hall–Kier alpha value is -3.35. The van der Waals surface area contributed by atoms with Crippen LogP contribution in [0.3, 0.4) is 0 Å². The molecule has 0 spiro atoms. The number of nitrogens with zero attached hydrogens (tertiary/aromatic N) is 4. The molecule has 1 aliphatic carbocycles. The second-order valence-electron chi connectivity index (χ2n) is 8.04. The molecule has 0 aliphatic heterocycles. The molecule has 0 atom stereocenters. The van der Waals surface area contributed by atoms with E-state index >= 15 is 0 Å². The summed E-state index contributed by atoms with van der Waals surface area (Å²) in [4.78, 5) is 21.7. The summed E-state index contributed by atoms with van der Waals surface area (Å²) < 4.78 is 39.5. The Kier molecular flexibility index (Phi) is 7.18. The monoisotopic (exact) mass is 446 g/mol. The lowest BCUT2D eigenvalue weighted by Gasteiger charge is -2.30. The van der Waals surface area contributed by atoms with E-state index < -0.39 is 11.7 Å². The third-order valence-corrected chi connectivity index (χ3v) is 5.57. The zero-order valence-corrected chi connectivity index (χ0v) is 17.9. The number of alkyl halides is 3. The Bertz CT molecular complexity index is 994. The van der Waals surface area contributed by atoms with E-state index in [1.807, 2.05) is 0 Å². The first-order chi connectivity index (χ1) is 15.2. The summed E-state index contributed by atoms with van der Waals surface area (Å²) in [6.07, 6.45) is 2.27. The number of nitriles is 1. The van der Waals surface area contributed by atoms with E-state index in [1.54, 1.807) is 25.1 Å². The highest BCUT2D eigenvalue weighted by Crippen LogP contribution is 2.32. The van der Waals surface area contributed by atoms with Crippen molar-refractivity contribution in [1.29, 1.82) is 5.26 Å². The van der Waals surface area contributed by atoms with Gasteiger partial charge in [0.2, 0.25) is 5.91 Å². The average Bonchev–Trinajstić information content (AvgIpc) is 2.77. The zero-order chi connectivity index (χ0) is 23.3. The number of anilines is 2. The Morgan fingerprint density at radius 3 is 2.59 bits per heavy atom. The zero-order valence-electron chi connectivity index (χ0n) is 17.9. The molecular formula is C22H25F3N6O. The molecule has 1 saturated carbocycles. The Morgan fingerprint density at radius 1 is 1.25 bits per heavy atom. The van der Waals surface area contributed by atoms with Crippen LogP contribution in [-0.2, 0) is 17.5 Å². The van der Waals surface area contributed by atoms with Crippen molar-refractivity contribution in [3.63, 3.8) is 0 Å². The summed E-state index contributed by atoms with van der Waals surface area (Å²) in [7, 11) is 3.50. The fourth-order valence-corrected chi connectivity index (χ4v) is 3.86. The van der Waals surface area contributed by atoms with Crippen molar-refractivity contribution in [1.82, 2.24) is 14.9 Å². The molecule has 0 unspecified atom stereocenters. The lowest BCUT2D eigenvalue weighted by Crippen LogP contribution is -2.35. The van der Waals surface area contributed by atoms with Gasteiger partial charge in [-0.2, -0.15) is 18.4 Å².